The molecule has 0 atom stereocenters. The molecule has 0 amide bonds. The second-order valence-electron chi connectivity index (χ2n) is 4.70. The van der Waals surface area contributed by atoms with Gasteiger partial charge in [-0.25, -0.2) is 0 Å². The van der Waals surface area contributed by atoms with E-state index in [1.54, 1.807) is 0 Å². The van der Waals surface area contributed by atoms with Crippen LogP contribution in [0.5, 0.6) is 0 Å². The first kappa shape index (κ1) is 11.3. The summed E-state index contributed by atoms with van der Waals surface area (Å²) in [6.45, 7) is 10.8. The van der Waals surface area contributed by atoms with E-state index in [2.05, 4.69) is 44.7 Å². The minimum absolute atomic E-state index is 0.369. The summed E-state index contributed by atoms with van der Waals surface area (Å²) >= 11 is 0. The maximum Gasteiger partial charge on any atom is 0.0946 e. The van der Waals surface area contributed by atoms with E-state index in [0.29, 0.717) is 17.9 Å². The van der Waals surface area contributed by atoms with Gasteiger partial charge in [-0.3, -0.25) is 4.90 Å². The minimum Gasteiger partial charge on any atom is -0.300 e. The average Bonchev–Trinajstić information content (AvgIpc) is 2.00. The zero-order valence-corrected chi connectivity index (χ0v) is 9.62. The topological polar surface area (TPSA) is 27.0 Å². The molecule has 0 aromatic rings. The van der Waals surface area contributed by atoms with Crippen LogP contribution in [0.25, 0.3) is 0 Å². The normalized spacial score (nSPS) is 19.9. The first-order valence-electron chi connectivity index (χ1n) is 5.40. The van der Waals surface area contributed by atoms with Crippen molar-refractivity contribution in [2.75, 3.05) is 13.1 Å². The smallest absolute Gasteiger partial charge is 0.0946 e. The predicted molar refractivity (Wildman–Crippen MR) is 58.7 cm³/mol. The van der Waals surface area contributed by atoms with Crippen LogP contribution in [-0.4, -0.2) is 24.0 Å². The van der Waals surface area contributed by atoms with Crippen LogP contribution in [0.3, 0.4) is 0 Å². The highest BCUT2D eigenvalue weighted by atomic mass is 15.2. The Morgan fingerprint density at radius 3 is 2.29 bits per heavy atom. The van der Waals surface area contributed by atoms with Crippen LogP contribution in [0, 0.1) is 23.2 Å². The SMILES string of the molecule is CC(C)/C(C#N)=C/C1CN(C(C)C)C1. The Hall–Kier alpha value is -0.810. The molecule has 1 aliphatic heterocycles. The molecule has 1 fully saturated rings. The van der Waals surface area contributed by atoms with Gasteiger partial charge >= 0.3 is 0 Å². The molecule has 0 radical (unpaired) electrons. The van der Waals surface area contributed by atoms with Gasteiger partial charge < -0.3 is 0 Å². The standard InChI is InChI=1S/C12H20N2/c1-9(2)12(6-13)5-11-7-14(8-11)10(3)4/h5,9-11H,7-8H2,1-4H3/b12-5+. The molecule has 14 heavy (non-hydrogen) atoms. The number of likely N-dealkylation sites (tertiary alicyclic amines) is 1. The lowest BCUT2D eigenvalue weighted by Gasteiger charge is -2.41. The molecule has 2 heteroatoms. The summed E-state index contributed by atoms with van der Waals surface area (Å²) in [5.74, 6) is 0.975. The molecule has 0 bridgehead atoms. The Balaban J connectivity index is 2.45. The summed E-state index contributed by atoms with van der Waals surface area (Å²) in [6.07, 6.45) is 2.16. The van der Waals surface area contributed by atoms with Crippen LogP contribution >= 0.6 is 0 Å². The van der Waals surface area contributed by atoms with E-state index in [1.807, 2.05) is 0 Å². The Morgan fingerprint density at radius 1 is 1.36 bits per heavy atom. The summed E-state index contributed by atoms with van der Waals surface area (Å²) < 4.78 is 0. The van der Waals surface area contributed by atoms with Gasteiger partial charge in [0.15, 0.2) is 0 Å². The molecule has 2 nitrogen and oxygen atoms in total. The molecule has 1 saturated heterocycles. The van der Waals surface area contributed by atoms with Gasteiger partial charge in [-0.15, -0.1) is 0 Å². The van der Waals surface area contributed by atoms with Gasteiger partial charge in [-0.2, -0.15) is 5.26 Å². The number of hydrogen-bond donors (Lipinski definition) is 0. The van der Waals surface area contributed by atoms with Crippen molar-refractivity contribution in [2.45, 2.75) is 33.7 Å². The fourth-order valence-corrected chi connectivity index (χ4v) is 1.69. The Morgan fingerprint density at radius 2 is 1.93 bits per heavy atom. The molecule has 78 valence electrons. The molecular weight excluding hydrogens is 172 g/mol. The fraction of sp³-hybridized carbons (Fsp3) is 0.750. The highest BCUT2D eigenvalue weighted by Gasteiger charge is 2.27. The summed E-state index contributed by atoms with van der Waals surface area (Å²) in [7, 11) is 0. The second-order valence-corrected chi connectivity index (χ2v) is 4.70. The van der Waals surface area contributed by atoms with Crippen molar-refractivity contribution < 1.29 is 0 Å². The van der Waals surface area contributed by atoms with Crippen molar-refractivity contribution in [3.8, 4) is 6.07 Å². The maximum atomic E-state index is 8.91. The fourth-order valence-electron chi connectivity index (χ4n) is 1.69. The first-order chi connectivity index (χ1) is 6.54. The third-order valence-electron chi connectivity index (χ3n) is 2.83. The molecule has 0 aromatic heterocycles. The Labute approximate surface area is 87.2 Å². The lowest BCUT2D eigenvalue weighted by atomic mass is 9.92. The number of hydrogen-bond acceptors (Lipinski definition) is 2. The zero-order chi connectivity index (χ0) is 10.7. The summed E-state index contributed by atoms with van der Waals surface area (Å²) in [6, 6.07) is 2.93. The molecule has 0 unspecified atom stereocenters. The molecule has 1 aliphatic rings. The van der Waals surface area contributed by atoms with E-state index in [1.165, 1.54) is 0 Å². The molecule has 0 saturated carbocycles. The van der Waals surface area contributed by atoms with Gasteiger partial charge in [0.25, 0.3) is 0 Å². The monoisotopic (exact) mass is 192 g/mol. The van der Waals surface area contributed by atoms with E-state index in [-0.39, 0.29) is 0 Å². The van der Waals surface area contributed by atoms with Crippen LogP contribution in [0.2, 0.25) is 0 Å². The van der Waals surface area contributed by atoms with Gasteiger partial charge in [0.05, 0.1) is 6.07 Å². The van der Waals surface area contributed by atoms with Gasteiger partial charge in [-0.05, 0) is 19.8 Å². The molecule has 1 heterocycles. The maximum absolute atomic E-state index is 8.91. The summed E-state index contributed by atoms with van der Waals surface area (Å²) in [5, 5.41) is 8.91. The average molecular weight is 192 g/mol. The number of nitriles is 1. The molecule has 0 N–H and O–H groups in total. The van der Waals surface area contributed by atoms with Gasteiger partial charge in [-0.1, -0.05) is 19.9 Å². The largest absolute Gasteiger partial charge is 0.300 e. The van der Waals surface area contributed by atoms with Crippen molar-refractivity contribution in [3.63, 3.8) is 0 Å². The third kappa shape index (κ3) is 2.59. The first-order valence-corrected chi connectivity index (χ1v) is 5.40. The molecular formula is C12H20N2. The van der Waals surface area contributed by atoms with Crippen LogP contribution in [0.4, 0.5) is 0 Å². The number of rotatable bonds is 3. The summed E-state index contributed by atoms with van der Waals surface area (Å²) in [5.41, 5.74) is 0.943. The van der Waals surface area contributed by atoms with Gasteiger partial charge in [0.2, 0.25) is 0 Å². The Bertz CT molecular complexity index is 252. The van der Waals surface area contributed by atoms with Crippen LogP contribution < -0.4 is 0 Å². The van der Waals surface area contributed by atoms with Crippen molar-refractivity contribution in [1.29, 1.82) is 5.26 Å². The molecule has 0 spiro atoms. The third-order valence-corrected chi connectivity index (χ3v) is 2.83. The van der Waals surface area contributed by atoms with E-state index in [0.717, 1.165) is 18.7 Å². The molecule has 0 aliphatic carbocycles. The van der Waals surface area contributed by atoms with E-state index in [4.69, 9.17) is 5.26 Å². The minimum atomic E-state index is 0.369. The van der Waals surface area contributed by atoms with Crippen LogP contribution in [-0.2, 0) is 0 Å². The molecule has 1 rings (SSSR count). The van der Waals surface area contributed by atoms with Gasteiger partial charge in [0, 0.05) is 30.6 Å². The van der Waals surface area contributed by atoms with Crippen LogP contribution in [0.15, 0.2) is 11.6 Å². The van der Waals surface area contributed by atoms with Crippen LogP contribution in [0.1, 0.15) is 27.7 Å². The van der Waals surface area contributed by atoms with Crippen molar-refractivity contribution in [2.24, 2.45) is 11.8 Å². The second kappa shape index (κ2) is 4.61. The zero-order valence-electron chi connectivity index (χ0n) is 9.62. The van der Waals surface area contributed by atoms with Crippen molar-refractivity contribution in [1.82, 2.24) is 4.90 Å². The quantitative estimate of drug-likeness (QED) is 0.642. The highest BCUT2D eigenvalue weighted by Crippen LogP contribution is 2.22. The number of allylic oxidation sites excluding steroid dienone is 1. The lowest BCUT2D eigenvalue weighted by molar-refractivity contribution is 0.0937. The highest BCUT2D eigenvalue weighted by molar-refractivity contribution is 5.24. The van der Waals surface area contributed by atoms with E-state index >= 15 is 0 Å². The van der Waals surface area contributed by atoms with Crippen molar-refractivity contribution in [3.05, 3.63) is 11.6 Å². The molecule has 0 aromatic carbocycles. The van der Waals surface area contributed by atoms with E-state index < -0.39 is 0 Å². The van der Waals surface area contributed by atoms with Gasteiger partial charge in [0.1, 0.15) is 0 Å². The number of nitrogens with zero attached hydrogens (tertiary/aromatic N) is 2. The van der Waals surface area contributed by atoms with E-state index in [9.17, 15) is 0 Å². The lowest BCUT2D eigenvalue weighted by Crippen LogP contribution is -2.49. The van der Waals surface area contributed by atoms with Crippen molar-refractivity contribution >= 4 is 0 Å². The predicted octanol–water partition coefficient (Wildman–Crippen LogP) is 2.43. The Kier molecular flexibility index (Phi) is 3.71. The summed E-state index contributed by atoms with van der Waals surface area (Å²) in [4.78, 5) is 2.43.